The summed E-state index contributed by atoms with van der Waals surface area (Å²) in [7, 11) is 0. The summed E-state index contributed by atoms with van der Waals surface area (Å²) in [4.78, 5) is 0. The van der Waals surface area contributed by atoms with Gasteiger partial charge in [-0.25, -0.2) is 0 Å². The number of hydrogen-bond donors (Lipinski definition) is 2. The first kappa shape index (κ1) is 12.1. The minimum absolute atomic E-state index is 0.264. The van der Waals surface area contributed by atoms with Crippen LogP contribution in [0.15, 0.2) is 24.3 Å². The highest BCUT2D eigenvalue weighted by Crippen LogP contribution is 2.20. The van der Waals surface area contributed by atoms with Gasteiger partial charge in [-0.05, 0) is 37.4 Å². The average molecular weight is 206 g/mol. The molecule has 0 atom stereocenters. The van der Waals surface area contributed by atoms with Gasteiger partial charge in [-0.15, -0.1) is 0 Å². The van der Waals surface area contributed by atoms with Crippen molar-refractivity contribution in [3.8, 4) is 0 Å². The molecule has 0 spiro atoms. The summed E-state index contributed by atoms with van der Waals surface area (Å²) in [6.07, 6.45) is 1.05. The Hall–Kier alpha value is -1.02. The normalized spacial score (nSPS) is 11.5. The van der Waals surface area contributed by atoms with Crippen LogP contribution in [0.4, 0.5) is 5.69 Å². The first-order valence-electron chi connectivity index (χ1n) is 5.54. The van der Waals surface area contributed by atoms with E-state index in [0.717, 1.165) is 19.5 Å². The van der Waals surface area contributed by atoms with Gasteiger partial charge in [-0.3, -0.25) is 0 Å². The van der Waals surface area contributed by atoms with Crippen LogP contribution in [0.1, 0.15) is 25.8 Å². The fourth-order valence-electron chi connectivity index (χ4n) is 1.49. The fourth-order valence-corrected chi connectivity index (χ4v) is 1.49. The molecule has 0 aliphatic carbocycles. The number of benzene rings is 1. The Morgan fingerprint density at radius 3 is 2.33 bits per heavy atom. The molecule has 0 bridgehead atoms. The molecule has 0 amide bonds. The molecule has 2 heteroatoms. The number of nitrogens with two attached hydrogens (primary N) is 1. The molecule has 84 valence electrons. The third-order valence-electron chi connectivity index (χ3n) is 2.64. The van der Waals surface area contributed by atoms with Crippen molar-refractivity contribution in [2.24, 2.45) is 11.1 Å². The van der Waals surface area contributed by atoms with E-state index in [9.17, 15) is 0 Å². The summed E-state index contributed by atoms with van der Waals surface area (Å²) in [5.74, 6) is 0. The van der Waals surface area contributed by atoms with Crippen molar-refractivity contribution in [1.29, 1.82) is 0 Å². The van der Waals surface area contributed by atoms with Crippen molar-refractivity contribution in [1.82, 2.24) is 0 Å². The van der Waals surface area contributed by atoms with Crippen LogP contribution in [-0.4, -0.2) is 13.1 Å². The summed E-state index contributed by atoms with van der Waals surface area (Å²) in [6, 6.07) is 8.48. The summed E-state index contributed by atoms with van der Waals surface area (Å²) in [5.41, 5.74) is 8.32. The van der Waals surface area contributed by atoms with Crippen LogP contribution in [0.2, 0.25) is 0 Å². The second-order valence-corrected chi connectivity index (χ2v) is 4.92. The van der Waals surface area contributed by atoms with Crippen molar-refractivity contribution < 1.29 is 0 Å². The van der Waals surface area contributed by atoms with Crippen LogP contribution >= 0.6 is 0 Å². The first-order chi connectivity index (χ1) is 7.03. The smallest absolute Gasteiger partial charge is 0.0340 e. The van der Waals surface area contributed by atoms with Gasteiger partial charge in [0.2, 0.25) is 0 Å². The molecule has 1 rings (SSSR count). The molecule has 0 aliphatic rings. The van der Waals surface area contributed by atoms with E-state index in [-0.39, 0.29) is 5.41 Å². The lowest BCUT2D eigenvalue weighted by Gasteiger charge is -2.24. The molecule has 0 aromatic heterocycles. The zero-order chi connectivity index (χ0) is 11.3. The zero-order valence-electron chi connectivity index (χ0n) is 10.0. The maximum atomic E-state index is 5.58. The van der Waals surface area contributed by atoms with E-state index < -0.39 is 0 Å². The summed E-state index contributed by atoms with van der Waals surface area (Å²) in [5, 5.41) is 3.44. The third-order valence-corrected chi connectivity index (χ3v) is 2.64. The Balaban J connectivity index is 2.46. The highest BCUT2D eigenvalue weighted by molar-refractivity contribution is 5.44. The van der Waals surface area contributed by atoms with Crippen LogP contribution in [0.3, 0.4) is 0 Å². The quantitative estimate of drug-likeness (QED) is 0.777. The van der Waals surface area contributed by atoms with Crippen LogP contribution < -0.4 is 11.1 Å². The highest BCUT2D eigenvalue weighted by Gasteiger charge is 2.15. The second-order valence-electron chi connectivity index (χ2n) is 4.92. The van der Waals surface area contributed by atoms with Crippen molar-refractivity contribution >= 4 is 5.69 Å². The van der Waals surface area contributed by atoms with E-state index in [1.807, 2.05) is 0 Å². The molecule has 0 saturated carbocycles. The number of aryl methyl sites for hydroxylation is 1. The SMILES string of the molecule is Cc1ccc(NCC(C)(C)CCN)cc1. The predicted molar refractivity (Wildman–Crippen MR) is 67.1 cm³/mol. The standard InChI is InChI=1S/C13H22N2/c1-11-4-6-12(7-5-11)15-10-13(2,3)8-9-14/h4-7,15H,8-10,14H2,1-3H3. The summed E-state index contributed by atoms with van der Waals surface area (Å²) >= 11 is 0. The minimum atomic E-state index is 0.264. The lowest BCUT2D eigenvalue weighted by molar-refractivity contribution is 0.365. The molecule has 1 aromatic rings. The maximum Gasteiger partial charge on any atom is 0.0340 e. The van der Waals surface area contributed by atoms with Crippen molar-refractivity contribution in [3.63, 3.8) is 0 Å². The van der Waals surface area contributed by atoms with Gasteiger partial charge in [0.15, 0.2) is 0 Å². The van der Waals surface area contributed by atoms with E-state index in [1.165, 1.54) is 11.3 Å². The van der Waals surface area contributed by atoms with Gasteiger partial charge in [0, 0.05) is 12.2 Å². The molecule has 0 aliphatic heterocycles. The monoisotopic (exact) mass is 206 g/mol. The van der Waals surface area contributed by atoms with Crippen LogP contribution in [0, 0.1) is 12.3 Å². The van der Waals surface area contributed by atoms with E-state index in [4.69, 9.17) is 5.73 Å². The van der Waals surface area contributed by atoms with Gasteiger partial charge in [0.05, 0.1) is 0 Å². The average Bonchev–Trinajstić information content (AvgIpc) is 2.17. The number of rotatable bonds is 5. The number of nitrogens with one attached hydrogen (secondary N) is 1. The van der Waals surface area contributed by atoms with Gasteiger partial charge in [-0.1, -0.05) is 31.5 Å². The molecule has 1 aromatic carbocycles. The largest absolute Gasteiger partial charge is 0.385 e. The van der Waals surface area contributed by atoms with Crippen LogP contribution in [-0.2, 0) is 0 Å². The van der Waals surface area contributed by atoms with E-state index in [0.29, 0.717) is 0 Å². The Kier molecular flexibility index (Phi) is 4.15. The van der Waals surface area contributed by atoms with E-state index in [2.05, 4.69) is 50.4 Å². The van der Waals surface area contributed by atoms with E-state index in [1.54, 1.807) is 0 Å². The molecule has 3 N–H and O–H groups in total. The predicted octanol–water partition coefficient (Wildman–Crippen LogP) is 2.78. The van der Waals surface area contributed by atoms with Gasteiger partial charge in [-0.2, -0.15) is 0 Å². The fraction of sp³-hybridized carbons (Fsp3) is 0.538. The van der Waals surface area contributed by atoms with Crippen LogP contribution in [0.5, 0.6) is 0 Å². The van der Waals surface area contributed by atoms with Crippen molar-refractivity contribution in [3.05, 3.63) is 29.8 Å². The highest BCUT2D eigenvalue weighted by atomic mass is 14.9. The lowest BCUT2D eigenvalue weighted by Crippen LogP contribution is -2.26. The molecule has 0 radical (unpaired) electrons. The number of anilines is 1. The van der Waals surface area contributed by atoms with Gasteiger partial charge in [0.1, 0.15) is 0 Å². The zero-order valence-corrected chi connectivity index (χ0v) is 10.0. The maximum absolute atomic E-state index is 5.58. The van der Waals surface area contributed by atoms with Gasteiger partial charge in [0.25, 0.3) is 0 Å². The molecular formula is C13H22N2. The van der Waals surface area contributed by atoms with E-state index >= 15 is 0 Å². The molecular weight excluding hydrogens is 184 g/mol. The molecule has 15 heavy (non-hydrogen) atoms. The summed E-state index contributed by atoms with van der Waals surface area (Å²) < 4.78 is 0. The third kappa shape index (κ3) is 4.34. The van der Waals surface area contributed by atoms with Gasteiger partial charge >= 0.3 is 0 Å². The molecule has 0 saturated heterocycles. The van der Waals surface area contributed by atoms with Gasteiger partial charge < -0.3 is 11.1 Å². The number of hydrogen-bond acceptors (Lipinski definition) is 2. The molecule has 0 fully saturated rings. The molecule has 0 heterocycles. The van der Waals surface area contributed by atoms with Crippen molar-refractivity contribution in [2.75, 3.05) is 18.4 Å². The summed E-state index contributed by atoms with van der Waals surface area (Å²) in [6.45, 7) is 8.29. The first-order valence-corrected chi connectivity index (χ1v) is 5.54. The topological polar surface area (TPSA) is 38.0 Å². The molecule has 2 nitrogen and oxygen atoms in total. The Morgan fingerprint density at radius 2 is 1.80 bits per heavy atom. The Labute approximate surface area is 92.9 Å². The molecule has 0 unspecified atom stereocenters. The lowest BCUT2D eigenvalue weighted by atomic mass is 9.89. The minimum Gasteiger partial charge on any atom is -0.385 e. The Morgan fingerprint density at radius 1 is 1.20 bits per heavy atom. The second kappa shape index (κ2) is 5.17. The van der Waals surface area contributed by atoms with Crippen LogP contribution in [0.25, 0.3) is 0 Å². The Bertz CT molecular complexity index is 288. The van der Waals surface area contributed by atoms with Crippen molar-refractivity contribution in [2.45, 2.75) is 27.2 Å².